The van der Waals surface area contributed by atoms with Crippen LogP contribution in [0.5, 0.6) is 5.75 Å². The number of nitrogens with zero attached hydrogens (tertiary/aromatic N) is 5. The Kier molecular flexibility index (Phi) is 6.20. The van der Waals surface area contributed by atoms with E-state index in [1.165, 1.54) is 9.58 Å². The van der Waals surface area contributed by atoms with Crippen LogP contribution in [0.2, 0.25) is 0 Å². The highest BCUT2D eigenvalue weighted by Crippen LogP contribution is 2.35. The SMILES string of the molecule is CN1CC(C(c2ccccc2)n2cc(C#CC3COC3)c(C#CC3COC3)n2)n2ncc(=O)c(O)c2C1=O. The molecule has 3 aliphatic rings. The lowest BCUT2D eigenvalue weighted by Gasteiger charge is -2.37. The molecular formula is C28H25N5O5. The van der Waals surface area contributed by atoms with Gasteiger partial charge in [-0.15, -0.1) is 0 Å². The van der Waals surface area contributed by atoms with Crippen LogP contribution in [0.1, 0.15) is 39.4 Å². The number of amides is 1. The summed E-state index contributed by atoms with van der Waals surface area (Å²) in [5.74, 6) is 12.2. The first kappa shape index (κ1) is 24.0. The molecule has 0 spiro atoms. The summed E-state index contributed by atoms with van der Waals surface area (Å²) in [5, 5.41) is 19.7. The zero-order valence-corrected chi connectivity index (χ0v) is 20.7. The highest BCUT2D eigenvalue weighted by atomic mass is 16.5. The lowest BCUT2D eigenvalue weighted by Crippen LogP contribution is -2.46. The third-order valence-electron chi connectivity index (χ3n) is 6.91. The number of carbonyl (C=O) groups excluding carboxylic acids is 1. The minimum absolute atomic E-state index is 0.140. The Morgan fingerprint density at radius 2 is 1.71 bits per heavy atom. The van der Waals surface area contributed by atoms with Crippen LogP contribution in [0.3, 0.4) is 0 Å². The maximum Gasteiger partial charge on any atom is 0.275 e. The van der Waals surface area contributed by atoms with Crippen molar-refractivity contribution in [3.63, 3.8) is 0 Å². The quantitative estimate of drug-likeness (QED) is 0.524. The van der Waals surface area contributed by atoms with E-state index in [2.05, 4.69) is 28.8 Å². The topological polar surface area (TPSA) is 112 Å². The minimum atomic E-state index is -0.705. The van der Waals surface area contributed by atoms with Crippen molar-refractivity contribution in [2.24, 2.45) is 11.8 Å². The lowest BCUT2D eigenvalue weighted by molar-refractivity contribution is -0.00307. The maximum atomic E-state index is 12.9. The molecule has 192 valence electrons. The van der Waals surface area contributed by atoms with Gasteiger partial charge in [0.05, 0.1) is 56.1 Å². The minimum Gasteiger partial charge on any atom is -0.502 e. The second-order valence-corrected chi connectivity index (χ2v) is 9.64. The molecule has 2 saturated heterocycles. The van der Waals surface area contributed by atoms with Crippen LogP contribution in [0.4, 0.5) is 0 Å². The molecule has 0 radical (unpaired) electrons. The van der Waals surface area contributed by atoms with E-state index in [-0.39, 0.29) is 24.1 Å². The van der Waals surface area contributed by atoms with Gasteiger partial charge in [0.2, 0.25) is 5.43 Å². The lowest BCUT2D eigenvalue weighted by atomic mass is 9.96. The first-order valence-corrected chi connectivity index (χ1v) is 12.4. The summed E-state index contributed by atoms with van der Waals surface area (Å²) in [4.78, 5) is 26.6. The average Bonchev–Trinajstić information content (AvgIpc) is 3.25. The monoisotopic (exact) mass is 511 g/mol. The molecule has 2 atom stereocenters. The largest absolute Gasteiger partial charge is 0.502 e. The number of aromatic nitrogens is 4. The second kappa shape index (κ2) is 9.82. The second-order valence-electron chi connectivity index (χ2n) is 9.64. The Hall–Kier alpha value is -4.38. The molecule has 38 heavy (non-hydrogen) atoms. The number of rotatable bonds is 3. The van der Waals surface area contributed by atoms with Gasteiger partial charge >= 0.3 is 0 Å². The van der Waals surface area contributed by atoms with E-state index in [1.54, 1.807) is 11.7 Å². The van der Waals surface area contributed by atoms with Crippen LogP contribution in [0.15, 0.2) is 47.5 Å². The molecular weight excluding hydrogens is 486 g/mol. The number of hydrogen-bond acceptors (Lipinski definition) is 7. The van der Waals surface area contributed by atoms with Gasteiger partial charge in [0.15, 0.2) is 17.1 Å². The molecule has 3 aliphatic heterocycles. The first-order chi connectivity index (χ1) is 18.5. The van der Waals surface area contributed by atoms with Crippen LogP contribution in [0, 0.1) is 35.5 Å². The molecule has 6 rings (SSSR count). The van der Waals surface area contributed by atoms with Crippen molar-refractivity contribution >= 4 is 5.91 Å². The van der Waals surface area contributed by atoms with Crippen LogP contribution in [0.25, 0.3) is 0 Å². The summed E-state index contributed by atoms with van der Waals surface area (Å²) in [5.41, 5.74) is 1.32. The molecule has 0 aliphatic carbocycles. The Balaban J connectivity index is 1.49. The number of aromatic hydroxyl groups is 1. The number of carbonyl (C=O) groups is 1. The van der Waals surface area contributed by atoms with E-state index in [0.717, 1.165) is 11.8 Å². The molecule has 1 amide bonds. The third kappa shape index (κ3) is 4.34. The molecule has 10 heteroatoms. The Labute approximate surface area is 218 Å². The molecule has 3 aromatic rings. The van der Waals surface area contributed by atoms with E-state index in [0.29, 0.717) is 37.7 Å². The fourth-order valence-electron chi connectivity index (χ4n) is 4.67. The van der Waals surface area contributed by atoms with Gasteiger partial charge in [0, 0.05) is 19.8 Å². The smallest absolute Gasteiger partial charge is 0.275 e. The van der Waals surface area contributed by atoms with E-state index >= 15 is 0 Å². The van der Waals surface area contributed by atoms with Crippen molar-refractivity contribution in [1.29, 1.82) is 0 Å². The predicted octanol–water partition coefficient (Wildman–Crippen LogP) is 1.06. The van der Waals surface area contributed by atoms with E-state index < -0.39 is 29.2 Å². The summed E-state index contributed by atoms with van der Waals surface area (Å²) in [6.07, 6.45) is 2.90. The van der Waals surface area contributed by atoms with Gasteiger partial charge < -0.3 is 19.5 Å². The number of hydrogen-bond donors (Lipinski definition) is 1. The Morgan fingerprint density at radius 3 is 2.37 bits per heavy atom. The summed E-state index contributed by atoms with van der Waals surface area (Å²) < 4.78 is 13.7. The van der Waals surface area contributed by atoms with Crippen LogP contribution >= 0.6 is 0 Å². The fourth-order valence-corrected chi connectivity index (χ4v) is 4.67. The first-order valence-electron chi connectivity index (χ1n) is 12.4. The number of benzene rings is 1. The van der Waals surface area contributed by atoms with Crippen LogP contribution in [-0.2, 0) is 9.47 Å². The number of likely N-dealkylation sites (N-methyl/N-ethyl adjacent to an activating group) is 1. The number of fused-ring (bicyclic) bond motifs is 1. The molecule has 2 fully saturated rings. The standard InChI is InChI=1S/C28H25N5O5/c1-31-13-23(33-26(28(31)36)27(35)24(34)11-29-33)25(20-5-3-2-4-6-20)32-12-21(9-7-18-14-37-15-18)22(30-32)10-8-19-16-38-17-19/h2-6,11-12,18-19,23,25,35H,13-17H2,1H3. The molecule has 0 bridgehead atoms. The third-order valence-corrected chi connectivity index (χ3v) is 6.91. The Bertz CT molecular complexity index is 1510. The molecule has 10 nitrogen and oxygen atoms in total. The van der Waals surface area contributed by atoms with Crippen molar-refractivity contribution in [3.05, 3.63) is 75.5 Å². The maximum absolute atomic E-state index is 12.9. The van der Waals surface area contributed by atoms with Crippen LogP contribution < -0.4 is 5.43 Å². The molecule has 1 aromatic carbocycles. The van der Waals surface area contributed by atoms with Gasteiger partial charge in [-0.1, -0.05) is 48.1 Å². The summed E-state index contributed by atoms with van der Waals surface area (Å²) in [6.45, 7) is 2.71. The summed E-state index contributed by atoms with van der Waals surface area (Å²) in [6, 6.07) is 8.78. The fraction of sp³-hybridized carbons (Fsp3) is 0.357. The molecule has 2 unspecified atom stereocenters. The highest BCUT2D eigenvalue weighted by molar-refractivity contribution is 5.95. The van der Waals surface area contributed by atoms with Gasteiger partial charge in [-0.3, -0.25) is 14.3 Å². The van der Waals surface area contributed by atoms with Crippen molar-refractivity contribution in [3.8, 4) is 29.4 Å². The zero-order chi connectivity index (χ0) is 26.2. The van der Waals surface area contributed by atoms with Gasteiger partial charge in [0.25, 0.3) is 5.91 Å². The van der Waals surface area contributed by atoms with E-state index in [9.17, 15) is 14.7 Å². The molecule has 0 saturated carbocycles. The molecule has 1 N–H and O–H groups in total. The van der Waals surface area contributed by atoms with Gasteiger partial charge in [0.1, 0.15) is 6.04 Å². The van der Waals surface area contributed by atoms with Crippen molar-refractivity contribution < 1.29 is 19.4 Å². The van der Waals surface area contributed by atoms with E-state index in [4.69, 9.17) is 14.6 Å². The summed E-state index contributed by atoms with van der Waals surface area (Å²) >= 11 is 0. The zero-order valence-electron chi connectivity index (χ0n) is 20.7. The highest BCUT2D eigenvalue weighted by Gasteiger charge is 2.39. The normalized spacial score (nSPS) is 19.8. The van der Waals surface area contributed by atoms with Crippen molar-refractivity contribution in [1.82, 2.24) is 24.5 Å². The predicted molar refractivity (Wildman–Crippen MR) is 135 cm³/mol. The van der Waals surface area contributed by atoms with Crippen molar-refractivity contribution in [2.75, 3.05) is 40.0 Å². The average molecular weight is 512 g/mol. The van der Waals surface area contributed by atoms with Gasteiger partial charge in [-0.2, -0.15) is 10.2 Å². The number of ether oxygens (including phenoxy) is 2. The molecule has 5 heterocycles. The summed E-state index contributed by atoms with van der Waals surface area (Å²) in [7, 11) is 1.64. The van der Waals surface area contributed by atoms with E-state index in [1.807, 2.05) is 36.5 Å². The van der Waals surface area contributed by atoms with Crippen molar-refractivity contribution in [2.45, 2.75) is 12.1 Å². The van der Waals surface area contributed by atoms with Gasteiger partial charge in [-0.25, -0.2) is 4.68 Å². The van der Waals surface area contributed by atoms with Gasteiger partial charge in [-0.05, 0) is 11.5 Å². The Morgan fingerprint density at radius 1 is 1.03 bits per heavy atom. The van der Waals surface area contributed by atoms with Crippen LogP contribution in [-0.4, -0.2) is 75.5 Å². The molecule has 2 aromatic heterocycles.